The van der Waals surface area contributed by atoms with Gasteiger partial charge in [0.15, 0.2) is 12.3 Å². The Kier molecular flexibility index (Phi) is 5.81. The van der Waals surface area contributed by atoms with Crippen LogP contribution < -0.4 is 26.4 Å². The lowest BCUT2D eigenvalue weighted by molar-refractivity contribution is -0.673. The number of benzene rings is 4. The number of aromatic nitrogens is 1. The number of pyridine rings is 1. The van der Waals surface area contributed by atoms with Crippen molar-refractivity contribution in [2.24, 2.45) is 7.05 Å². The number of aryl methyl sites for hydroxylation is 1. The summed E-state index contributed by atoms with van der Waals surface area (Å²) in [6.07, 6.45) is 0.466. The molecule has 0 aliphatic heterocycles. The molecule has 2 nitrogen and oxygen atoms in total. The largest absolute Gasteiger partial charge is 0.291 e. The third-order valence-corrected chi connectivity index (χ3v) is 6.88. The highest BCUT2D eigenvalue weighted by atomic mass is 14.9. The Labute approximate surface area is 201 Å². The van der Waals surface area contributed by atoms with Gasteiger partial charge in [-0.25, -0.2) is 0 Å². The summed E-state index contributed by atoms with van der Waals surface area (Å²) in [6, 6.07) is 47.4. The van der Waals surface area contributed by atoms with Gasteiger partial charge in [-0.3, -0.25) is 0 Å². The van der Waals surface area contributed by atoms with Crippen LogP contribution in [-0.4, -0.2) is 6.15 Å². The van der Waals surface area contributed by atoms with Crippen LogP contribution in [0.2, 0.25) is 0 Å². The highest BCUT2D eigenvalue weighted by Crippen LogP contribution is 2.21. The summed E-state index contributed by atoms with van der Waals surface area (Å²) >= 11 is 0. The van der Waals surface area contributed by atoms with Crippen LogP contribution in [0.5, 0.6) is 0 Å². The van der Waals surface area contributed by atoms with Gasteiger partial charge in [0.2, 0.25) is 0 Å². The quantitative estimate of drug-likeness (QED) is 0.307. The Hall–Kier alpha value is -4.42. The van der Waals surface area contributed by atoms with E-state index in [2.05, 4.69) is 121 Å². The molecule has 0 atom stereocenters. The number of hydrogen-bond donors (Lipinski definition) is 0. The first kappa shape index (κ1) is 21.4. The monoisotopic (exact) mass is 436 g/mol. The summed E-state index contributed by atoms with van der Waals surface area (Å²) in [5, 5.41) is 9.86. The molecular weight excluding hydrogens is 411 g/mol. The Bertz CT molecular complexity index is 1360. The van der Waals surface area contributed by atoms with E-state index in [1.165, 1.54) is 21.9 Å². The molecular formula is C31H25BN2. The predicted molar refractivity (Wildman–Crippen MR) is 141 cm³/mol. The van der Waals surface area contributed by atoms with Crippen molar-refractivity contribution in [3.8, 4) is 17.2 Å². The normalized spacial score (nSPS) is 11.1. The van der Waals surface area contributed by atoms with E-state index in [9.17, 15) is 5.26 Å². The minimum absolute atomic E-state index is 0.650. The molecule has 1 heterocycles. The summed E-state index contributed by atoms with van der Waals surface area (Å²) in [7, 11) is 1.91. The van der Waals surface area contributed by atoms with Crippen molar-refractivity contribution in [2.75, 3.05) is 0 Å². The summed E-state index contributed by atoms with van der Waals surface area (Å²) < 4.78 is 1.88. The molecule has 5 rings (SSSR count). The molecule has 3 heteroatoms. The fourth-order valence-corrected chi connectivity index (χ4v) is 5.34. The van der Waals surface area contributed by atoms with Crippen LogP contribution in [0.15, 0.2) is 134 Å². The molecule has 34 heavy (non-hydrogen) atoms. The molecule has 0 radical (unpaired) electrons. The third kappa shape index (κ3) is 3.60. The Morgan fingerprint density at radius 2 is 1.09 bits per heavy atom. The molecule has 4 aromatic carbocycles. The fourth-order valence-electron chi connectivity index (χ4n) is 5.34. The van der Waals surface area contributed by atoms with Gasteiger partial charge in [0.25, 0.3) is 5.69 Å². The van der Waals surface area contributed by atoms with E-state index in [0.29, 0.717) is 5.69 Å². The number of nitrogens with zero attached hydrogens (tertiary/aromatic N) is 2. The van der Waals surface area contributed by atoms with E-state index < -0.39 is 6.15 Å². The zero-order valence-corrected chi connectivity index (χ0v) is 19.2. The van der Waals surface area contributed by atoms with Crippen LogP contribution in [0.25, 0.3) is 11.1 Å². The Morgan fingerprint density at radius 3 is 1.59 bits per heavy atom. The van der Waals surface area contributed by atoms with Crippen molar-refractivity contribution in [2.45, 2.75) is 0 Å². The van der Waals surface area contributed by atoms with Crippen LogP contribution in [0.3, 0.4) is 0 Å². The maximum absolute atomic E-state index is 9.86. The average molecular weight is 436 g/mol. The maximum Gasteiger partial charge on any atom is 0.291 e. The molecule has 162 valence electrons. The number of nitriles is 1. The standard InChI is InChI=1S/C31H25BN2/c1-34-22-12-21-30(31(34)24-33)25-13-11-20-29(23-25)32(26-14-5-2-6-15-26,27-16-7-3-8-17-27)28-18-9-4-10-19-28/h2-23H,1H3. The number of hydrogen-bond acceptors (Lipinski definition) is 1. The summed E-state index contributed by atoms with van der Waals surface area (Å²) in [6.45, 7) is 0. The van der Waals surface area contributed by atoms with Gasteiger partial charge < -0.3 is 0 Å². The summed E-state index contributed by atoms with van der Waals surface area (Å²) in [5.41, 5.74) is 7.63. The lowest BCUT2D eigenvalue weighted by Crippen LogP contribution is -2.74. The van der Waals surface area contributed by atoms with Crippen molar-refractivity contribution in [1.29, 1.82) is 5.26 Å². The van der Waals surface area contributed by atoms with Gasteiger partial charge in [-0.05, 0) is 11.6 Å². The zero-order valence-electron chi connectivity index (χ0n) is 19.2. The fraction of sp³-hybridized carbons (Fsp3) is 0.0323. The van der Waals surface area contributed by atoms with E-state index in [1.54, 1.807) is 0 Å². The molecule has 0 amide bonds. The predicted octanol–water partition coefficient (Wildman–Crippen LogP) is 3.43. The lowest BCUT2D eigenvalue weighted by Gasteiger charge is -2.44. The summed E-state index contributed by atoms with van der Waals surface area (Å²) in [4.78, 5) is 0. The Balaban J connectivity index is 1.86. The lowest BCUT2D eigenvalue weighted by atomic mass is 9.13. The second-order valence-corrected chi connectivity index (χ2v) is 8.72. The molecule has 0 spiro atoms. The SMILES string of the molecule is C[n+]1cccc(-c2cccc([B-](c3ccccc3)(c3ccccc3)c3ccccc3)c2)c1C#N. The van der Waals surface area contributed by atoms with Crippen LogP contribution >= 0.6 is 0 Å². The maximum atomic E-state index is 9.86. The molecule has 0 bridgehead atoms. The van der Waals surface area contributed by atoms with Crippen molar-refractivity contribution in [3.63, 3.8) is 0 Å². The smallest absolute Gasteiger partial charge is 0.195 e. The van der Waals surface area contributed by atoms with Crippen LogP contribution in [-0.2, 0) is 7.05 Å². The molecule has 0 aliphatic carbocycles. The molecule has 0 saturated heterocycles. The van der Waals surface area contributed by atoms with Gasteiger partial charge in [-0.2, -0.15) is 31.7 Å². The van der Waals surface area contributed by atoms with Crippen molar-refractivity contribution >= 4 is 28.0 Å². The highest BCUT2D eigenvalue weighted by molar-refractivity contribution is 7.19. The van der Waals surface area contributed by atoms with E-state index in [1.807, 2.05) is 29.9 Å². The van der Waals surface area contributed by atoms with E-state index in [0.717, 1.165) is 11.1 Å². The van der Waals surface area contributed by atoms with Crippen LogP contribution in [0.1, 0.15) is 5.69 Å². The van der Waals surface area contributed by atoms with Gasteiger partial charge in [0.05, 0.1) is 5.56 Å². The van der Waals surface area contributed by atoms with Crippen molar-refractivity contribution in [1.82, 2.24) is 0 Å². The van der Waals surface area contributed by atoms with Gasteiger partial charge in [0.1, 0.15) is 13.2 Å². The van der Waals surface area contributed by atoms with Gasteiger partial charge in [0, 0.05) is 6.07 Å². The zero-order chi connectivity index (χ0) is 23.4. The minimum Gasteiger partial charge on any atom is -0.195 e. The summed E-state index contributed by atoms with van der Waals surface area (Å²) in [5.74, 6) is 0. The van der Waals surface area contributed by atoms with Crippen molar-refractivity contribution in [3.05, 3.63) is 139 Å². The van der Waals surface area contributed by atoms with Crippen LogP contribution in [0.4, 0.5) is 0 Å². The molecule has 0 N–H and O–H groups in total. The molecule has 5 aromatic rings. The first-order valence-corrected chi connectivity index (χ1v) is 11.6. The Morgan fingerprint density at radius 1 is 0.588 bits per heavy atom. The van der Waals surface area contributed by atoms with Gasteiger partial charge >= 0.3 is 0 Å². The average Bonchev–Trinajstić information content (AvgIpc) is 2.91. The molecule has 0 unspecified atom stereocenters. The van der Waals surface area contributed by atoms with E-state index in [4.69, 9.17) is 0 Å². The van der Waals surface area contributed by atoms with Gasteiger partial charge in [-0.15, -0.1) is 0 Å². The first-order chi connectivity index (χ1) is 16.7. The third-order valence-electron chi connectivity index (χ3n) is 6.88. The molecule has 0 aliphatic rings. The van der Waals surface area contributed by atoms with E-state index in [-0.39, 0.29) is 0 Å². The molecule has 1 aromatic heterocycles. The number of rotatable bonds is 5. The highest BCUT2D eigenvalue weighted by Gasteiger charge is 2.31. The topological polar surface area (TPSA) is 27.7 Å². The van der Waals surface area contributed by atoms with Crippen molar-refractivity contribution < 1.29 is 4.57 Å². The molecule has 0 saturated carbocycles. The van der Waals surface area contributed by atoms with Crippen LogP contribution in [0, 0.1) is 11.3 Å². The minimum atomic E-state index is -1.45. The second-order valence-electron chi connectivity index (χ2n) is 8.72. The second kappa shape index (κ2) is 9.21. The molecule has 0 fully saturated rings. The van der Waals surface area contributed by atoms with Gasteiger partial charge in [-0.1, -0.05) is 115 Å². The van der Waals surface area contributed by atoms with E-state index >= 15 is 0 Å². The first-order valence-electron chi connectivity index (χ1n) is 11.6.